The Labute approximate surface area is 118 Å². The van der Waals surface area contributed by atoms with Crippen molar-refractivity contribution in [3.8, 4) is 0 Å². The van der Waals surface area contributed by atoms with Gasteiger partial charge in [-0.05, 0) is 46.2 Å². The molecule has 0 saturated carbocycles. The SMILES string of the molecule is CC(C)[C@H](N)C(=O)N(C[C@H]1CCCCN1C)C(C)C. The predicted octanol–water partition coefficient (Wildman–Crippen LogP) is 1.69. The Morgan fingerprint density at radius 3 is 2.42 bits per heavy atom. The summed E-state index contributed by atoms with van der Waals surface area (Å²) in [6.07, 6.45) is 3.73. The highest BCUT2D eigenvalue weighted by molar-refractivity contribution is 5.82. The molecule has 1 rings (SSSR count). The lowest BCUT2D eigenvalue weighted by Crippen LogP contribution is -2.54. The Bertz CT molecular complexity index is 291. The monoisotopic (exact) mass is 269 g/mol. The zero-order chi connectivity index (χ0) is 14.6. The van der Waals surface area contributed by atoms with Gasteiger partial charge in [-0.1, -0.05) is 20.3 Å². The average Bonchev–Trinajstić information content (AvgIpc) is 2.35. The van der Waals surface area contributed by atoms with Crippen LogP contribution in [-0.4, -0.2) is 54.0 Å². The van der Waals surface area contributed by atoms with Crippen molar-refractivity contribution >= 4 is 5.91 Å². The lowest BCUT2D eigenvalue weighted by Gasteiger charge is -2.39. The van der Waals surface area contributed by atoms with E-state index in [0.717, 1.165) is 13.1 Å². The van der Waals surface area contributed by atoms with Crippen molar-refractivity contribution < 1.29 is 4.79 Å². The molecule has 0 aromatic heterocycles. The number of hydrogen-bond acceptors (Lipinski definition) is 3. The topological polar surface area (TPSA) is 49.6 Å². The van der Waals surface area contributed by atoms with Crippen LogP contribution in [0, 0.1) is 5.92 Å². The summed E-state index contributed by atoms with van der Waals surface area (Å²) >= 11 is 0. The molecule has 1 fully saturated rings. The van der Waals surface area contributed by atoms with E-state index >= 15 is 0 Å². The average molecular weight is 269 g/mol. The Kier molecular flexibility index (Phi) is 6.27. The molecule has 1 heterocycles. The number of nitrogens with zero attached hydrogens (tertiary/aromatic N) is 2. The first kappa shape index (κ1) is 16.4. The second-order valence-electron chi connectivity index (χ2n) is 6.48. The molecule has 0 aliphatic carbocycles. The van der Waals surface area contributed by atoms with Gasteiger partial charge >= 0.3 is 0 Å². The second-order valence-corrected chi connectivity index (χ2v) is 6.48. The van der Waals surface area contributed by atoms with Crippen LogP contribution in [0.15, 0.2) is 0 Å². The molecule has 0 bridgehead atoms. The van der Waals surface area contributed by atoms with Crippen molar-refractivity contribution in [3.63, 3.8) is 0 Å². The number of nitrogens with two attached hydrogens (primary N) is 1. The van der Waals surface area contributed by atoms with Gasteiger partial charge in [-0.25, -0.2) is 0 Å². The molecule has 2 atom stereocenters. The molecule has 19 heavy (non-hydrogen) atoms. The van der Waals surface area contributed by atoms with Crippen LogP contribution in [0.1, 0.15) is 47.0 Å². The number of amides is 1. The lowest BCUT2D eigenvalue weighted by atomic mass is 9.99. The van der Waals surface area contributed by atoms with Crippen LogP contribution in [0.2, 0.25) is 0 Å². The molecule has 1 aliphatic rings. The molecule has 1 amide bonds. The van der Waals surface area contributed by atoms with Crippen molar-refractivity contribution in [1.82, 2.24) is 9.80 Å². The lowest BCUT2D eigenvalue weighted by molar-refractivity contribution is -0.136. The van der Waals surface area contributed by atoms with Gasteiger partial charge in [0.05, 0.1) is 6.04 Å². The molecular weight excluding hydrogens is 238 g/mol. The van der Waals surface area contributed by atoms with Gasteiger partial charge in [0.25, 0.3) is 0 Å². The third kappa shape index (κ3) is 4.46. The van der Waals surface area contributed by atoms with E-state index in [1.807, 2.05) is 18.7 Å². The molecule has 0 aromatic carbocycles. The highest BCUT2D eigenvalue weighted by Gasteiger charge is 2.29. The molecule has 2 N–H and O–H groups in total. The summed E-state index contributed by atoms with van der Waals surface area (Å²) in [5, 5.41) is 0. The van der Waals surface area contributed by atoms with E-state index in [-0.39, 0.29) is 23.9 Å². The van der Waals surface area contributed by atoms with Gasteiger partial charge < -0.3 is 15.5 Å². The summed E-state index contributed by atoms with van der Waals surface area (Å²) < 4.78 is 0. The molecule has 4 nitrogen and oxygen atoms in total. The van der Waals surface area contributed by atoms with E-state index in [1.165, 1.54) is 19.3 Å². The van der Waals surface area contributed by atoms with Gasteiger partial charge in [-0.2, -0.15) is 0 Å². The number of carbonyl (C=O) groups excluding carboxylic acids is 1. The quantitative estimate of drug-likeness (QED) is 0.826. The number of rotatable bonds is 5. The third-order valence-electron chi connectivity index (χ3n) is 4.24. The Balaban J connectivity index is 2.69. The van der Waals surface area contributed by atoms with Gasteiger partial charge in [0.15, 0.2) is 0 Å². The summed E-state index contributed by atoms with van der Waals surface area (Å²) in [6.45, 7) is 10.1. The number of carbonyl (C=O) groups is 1. The van der Waals surface area contributed by atoms with E-state index in [0.29, 0.717) is 6.04 Å². The van der Waals surface area contributed by atoms with Crippen molar-refractivity contribution in [3.05, 3.63) is 0 Å². The van der Waals surface area contributed by atoms with Gasteiger partial charge in [0, 0.05) is 18.6 Å². The highest BCUT2D eigenvalue weighted by atomic mass is 16.2. The van der Waals surface area contributed by atoms with Crippen LogP contribution in [0.3, 0.4) is 0 Å². The summed E-state index contributed by atoms with van der Waals surface area (Å²) in [4.78, 5) is 16.8. The van der Waals surface area contributed by atoms with Crippen molar-refractivity contribution in [2.45, 2.75) is 65.1 Å². The zero-order valence-electron chi connectivity index (χ0n) is 13.2. The fourth-order valence-corrected chi connectivity index (χ4v) is 2.63. The molecule has 0 radical (unpaired) electrons. The van der Waals surface area contributed by atoms with Gasteiger partial charge in [0.1, 0.15) is 0 Å². The third-order valence-corrected chi connectivity index (χ3v) is 4.24. The number of likely N-dealkylation sites (N-methyl/N-ethyl adjacent to an activating group) is 1. The van der Waals surface area contributed by atoms with E-state index in [2.05, 4.69) is 25.8 Å². The normalized spacial score (nSPS) is 22.8. The van der Waals surface area contributed by atoms with E-state index in [9.17, 15) is 4.79 Å². The molecule has 0 spiro atoms. The summed E-state index contributed by atoms with van der Waals surface area (Å²) in [5.41, 5.74) is 6.03. The molecule has 112 valence electrons. The highest BCUT2D eigenvalue weighted by Crippen LogP contribution is 2.18. The fourth-order valence-electron chi connectivity index (χ4n) is 2.63. The molecular formula is C15H31N3O. The second kappa shape index (κ2) is 7.25. The summed E-state index contributed by atoms with van der Waals surface area (Å²) in [6, 6.07) is 0.323. The minimum atomic E-state index is -0.378. The molecule has 0 aromatic rings. The minimum absolute atomic E-state index is 0.101. The van der Waals surface area contributed by atoms with Crippen LogP contribution < -0.4 is 5.73 Å². The first-order chi connectivity index (χ1) is 8.84. The van der Waals surface area contributed by atoms with Crippen LogP contribution in [0.5, 0.6) is 0 Å². The Hall–Kier alpha value is -0.610. The van der Waals surface area contributed by atoms with E-state index < -0.39 is 0 Å². The van der Waals surface area contributed by atoms with Gasteiger partial charge in [0.2, 0.25) is 5.91 Å². The molecule has 0 unspecified atom stereocenters. The largest absolute Gasteiger partial charge is 0.337 e. The van der Waals surface area contributed by atoms with E-state index in [4.69, 9.17) is 5.73 Å². The molecule has 4 heteroatoms. The van der Waals surface area contributed by atoms with Crippen LogP contribution in [-0.2, 0) is 4.79 Å². The first-order valence-corrected chi connectivity index (χ1v) is 7.61. The van der Waals surface area contributed by atoms with Gasteiger partial charge in [-0.15, -0.1) is 0 Å². The number of likely N-dealkylation sites (tertiary alicyclic amines) is 1. The fraction of sp³-hybridized carbons (Fsp3) is 0.933. The maximum absolute atomic E-state index is 12.5. The van der Waals surface area contributed by atoms with Crippen molar-refractivity contribution in [2.24, 2.45) is 11.7 Å². The van der Waals surface area contributed by atoms with Gasteiger partial charge in [-0.3, -0.25) is 4.79 Å². The standard InChI is InChI=1S/C15H31N3O/c1-11(2)14(16)15(19)18(12(3)4)10-13-8-6-7-9-17(13)5/h11-14H,6-10,16H2,1-5H3/t13-,14+/m1/s1. The van der Waals surface area contributed by atoms with Crippen molar-refractivity contribution in [1.29, 1.82) is 0 Å². The maximum Gasteiger partial charge on any atom is 0.240 e. The summed E-state index contributed by atoms with van der Waals surface area (Å²) in [5.74, 6) is 0.293. The van der Waals surface area contributed by atoms with Crippen LogP contribution in [0.4, 0.5) is 0 Å². The molecule has 1 aliphatic heterocycles. The zero-order valence-corrected chi connectivity index (χ0v) is 13.2. The number of hydrogen-bond donors (Lipinski definition) is 1. The minimum Gasteiger partial charge on any atom is -0.337 e. The number of piperidine rings is 1. The predicted molar refractivity (Wildman–Crippen MR) is 79.9 cm³/mol. The first-order valence-electron chi connectivity index (χ1n) is 7.61. The Morgan fingerprint density at radius 1 is 1.32 bits per heavy atom. The van der Waals surface area contributed by atoms with Crippen LogP contribution in [0.25, 0.3) is 0 Å². The smallest absolute Gasteiger partial charge is 0.240 e. The van der Waals surface area contributed by atoms with Crippen molar-refractivity contribution in [2.75, 3.05) is 20.1 Å². The summed E-state index contributed by atoms with van der Waals surface area (Å²) in [7, 11) is 2.16. The van der Waals surface area contributed by atoms with Crippen LogP contribution >= 0.6 is 0 Å². The Morgan fingerprint density at radius 2 is 1.95 bits per heavy atom. The maximum atomic E-state index is 12.5. The van der Waals surface area contributed by atoms with E-state index in [1.54, 1.807) is 0 Å². The molecule has 1 saturated heterocycles.